The number of aliphatic carboxylic acids is 1. The molecule has 0 heterocycles. The van der Waals surface area contributed by atoms with E-state index in [-0.39, 0.29) is 13.0 Å². The maximum absolute atomic E-state index is 11.6. The number of amides is 2. The summed E-state index contributed by atoms with van der Waals surface area (Å²) in [4.78, 5) is 32.8. The molecule has 2 amide bonds. The summed E-state index contributed by atoms with van der Waals surface area (Å²) < 4.78 is 23.3. The molecule has 0 unspecified atom stereocenters. The topological polar surface area (TPSA) is 153 Å². The molecule has 10 heteroatoms. The molecule has 0 radical (unpaired) electrons. The molecule has 0 bridgehead atoms. The molecule has 0 rings (SSSR count). The molecule has 9 nitrogen and oxygen atoms in total. The highest BCUT2D eigenvalue weighted by Gasteiger charge is 2.27. The van der Waals surface area contributed by atoms with Crippen molar-refractivity contribution in [3.8, 4) is 6.07 Å². The minimum atomic E-state index is -4.00. The first-order valence-corrected chi connectivity index (χ1v) is 7.34. The van der Waals surface area contributed by atoms with Crippen LogP contribution in [0, 0.1) is 11.3 Å². The fraction of sp³-hybridized carbons (Fsp3) is 0.600. The molecule has 0 aromatic heterocycles. The third-order valence-electron chi connectivity index (χ3n) is 2.01. The monoisotopic (exact) mass is 305 g/mol. The first kappa shape index (κ1) is 17.8. The smallest absolute Gasteiger partial charge is 0.327 e. The highest BCUT2D eigenvalue weighted by molar-refractivity contribution is 7.92. The summed E-state index contributed by atoms with van der Waals surface area (Å²) >= 11 is 0. The van der Waals surface area contributed by atoms with Crippen LogP contribution in [0.25, 0.3) is 0 Å². The van der Waals surface area contributed by atoms with Crippen LogP contribution in [0.15, 0.2) is 0 Å². The largest absolute Gasteiger partial charge is 0.480 e. The molecule has 0 aromatic carbocycles. The molecule has 112 valence electrons. The zero-order chi connectivity index (χ0) is 15.8. The fourth-order valence-corrected chi connectivity index (χ4v) is 2.59. The second-order valence-corrected chi connectivity index (χ2v) is 6.01. The van der Waals surface area contributed by atoms with Crippen LogP contribution in [-0.4, -0.2) is 55.4 Å². The summed E-state index contributed by atoms with van der Waals surface area (Å²) in [5, 5.41) is 21.2. The lowest BCUT2D eigenvalue weighted by atomic mass is 10.3. The second kappa shape index (κ2) is 8.11. The molecule has 1 atom stereocenters. The summed E-state index contributed by atoms with van der Waals surface area (Å²) in [6.45, 7) is 1.07. The van der Waals surface area contributed by atoms with Crippen molar-refractivity contribution in [3.05, 3.63) is 0 Å². The molecule has 20 heavy (non-hydrogen) atoms. The Morgan fingerprint density at radius 1 is 1.35 bits per heavy atom. The molecule has 0 saturated heterocycles. The molecule has 0 aliphatic heterocycles. The van der Waals surface area contributed by atoms with Crippen LogP contribution >= 0.6 is 0 Å². The average Bonchev–Trinajstić information content (AvgIpc) is 2.26. The number of nitrogens with one attached hydrogen (secondary N) is 2. The predicted molar refractivity (Wildman–Crippen MR) is 67.1 cm³/mol. The number of rotatable bonds is 8. The van der Waals surface area contributed by atoms with Crippen LogP contribution in [0.5, 0.6) is 0 Å². The molecule has 0 aliphatic rings. The Hall–Kier alpha value is -2.15. The van der Waals surface area contributed by atoms with E-state index in [1.54, 1.807) is 6.07 Å². The van der Waals surface area contributed by atoms with Gasteiger partial charge in [0.15, 0.2) is 9.84 Å². The molecule has 0 fully saturated rings. The predicted octanol–water partition coefficient (Wildman–Crippen LogP) is -1.98. The van der Waals surface area contributed by atoms with E-state index < -0.39 is 45.2 Å². The van der Waals surface area contributed by atoms with Gasteiger partial charge in [0.25, 0.3) is 0 Å². The lowest BCUT2D eigenvalue weighted by molar-refractivity contribution is -0.140. The van der Waals surface area contributed by atoms with Gasteiger partial charge in [-0.25, -0.2) is 13.2 Å². The van der Waals surface area contributed by atoms with E-state index in [1.165, 1.54) is 0 Å². The standard InChI is InChI=1S/C10H15N3O6S/c1-7(14)13-8(10(16)17)5-20(18,19)6-9(15)12-4-2-3-11/h8H,2,4-6H2,1H3,(H,12,15)(H,13,14)(H,16,17)/t8-/m0/s1. The summed E-state index contributed by atoms with van der Waals surface area (Å²) in [6.07, 6.45) is 0.0371. The summed E-state index contributed by atoms with van der Waals surface area (Å²) in [6, 6.07) is 0.158. The minimum Gasteiger partial charge on any atom is -0.480 e. The number of carboxylic acids is 1. The maximum atomic E-state index is 11.6. The van der Waals surface area contributed by atoms with E-state index in [0.717, 1.165) is 6.92 Å². The Morgan fingerprint density at radius 2 is 1.95 bits per heavy atom. The van der Waals surface area contributed by atoms with Gasteiger partial charge in [0.2, 0.25) is 11.8 Å². The van der Waals surface area contributed by atoms with Gasteiger partial charge in [0, 0.05) is 13.5 Å². The third kappa shape index (κ3) is 8.04. The van der Waals surface area contributed by atoms with E-state index in [1.807, 2.05) is 5.32 Å². The van der Waals surface area contributed by atoms with Gasteiger partial charge in [-0.3, -0.25) is 9.59 Å². The van der Waals surface area contributed by atoms with Crippen LogP contribution < -0.4 is 10.6 Å². The Balaban J connectivity index is 4.56. The van der Waals surface area contributed by atoms with Crippen molar-refractivity contribution in [2.45, 2.75) is 19.4 Å². The highest BCUT2D eigenvalue weighted by Crippen LogP contribution is 1.97. The van der Waals surface area contributed by atoms with Crippen LogP contribution in [0.4, 0.5) is 0 Å². The van der Waals surface area contributed by atoms with Gasteiger partial charge in [-0.05, 0) is 0 Å². The van der Waals surface area contributed by atoms with Crippen molar-refractivity contribution >= 4 is 27.6 Å². The second-order valence-electron chi connectivity index (χ2n) is 3.90. The third-order valence-corrected chi connectivity index (χ3v) is 3.55. The number of nitrogens with zero attached hydrogens (tertiary/aromatic N) is 1. The van der Waals surface area contributed by atoms with E-state index >= 15 is 0 Å². The Bertz CT molecular complexity index is 522. The number of carboxylic acid groups (broad SMARTS) is 1. The van der Waals surface area contributed by atoms with Crippen LogP contribution in [0.2, 0.25) is 0 Å². The van der Waals surface area contributed by atoms with Gasteiger partial charge >= 0.3 is 5.97 Å². The lowest BCUT2D eigenvalue weighted by Crippen LogP contribution is -2.46. The molecule has 0 spiro atoms. The van der Waals surface area contributed by atoms with Gasteiger partial charge in [0.1, 0.15) is 11.8 Å². The highest BCUT2D eigenvalue weighted by atomic mass is 32.2. The Morgan fingerprint density at radius 3 is 2.40 bits per heavy atom. The molecule has 0 aliphatic carbocycles. The van der Waals surface area contributed by atoms with Gasteiger partial charge < -0.3 is 15.7 Å². The van der Waals surface area contributed by atoms with Crippen molar-refractivity contribution in [2.24, 2.45) is 0 Å². The van der Waals surface area contributed by atoms with E-state index in [2.05, 4.69) is 5.32 Å². The molecule has 3 N–H and O–H groups in total. The van der Waals surface area contributed by atoms with Crippen molar-refractivity contribution < 1.29 is 27.9 Å². The SMILES string of the molecule is CC(=O)N[C@@H](CS(=O)(=O)CC(=O)NCCC#N)C(=O)O. The van der Waals surface area contributed by atoms with Gasteiger partial charge in [-0.2, -0.15) is 5.26 Å². The van der Waals surface area contributed by atoms with Crippen molar-refractivity contribution in [1.82, 2.24) is 10.6 Å². The van der Waals surface area contributed by atoms with Crippen molar-refractivity contribution in [2.75, 3.05) is 18.1 Å². The van der Waals surface area contributed by atoms with Crippen molar-refractivity contribution in [1.29, 1.82) is 5.26 Å². The minimum absolute atomic E-state index is 0.0128. The number of nitriles is 1. The number of carbonyl (C=O) groups is 3. The van der Waals surface area contributed by atoms with Crippen LogP contribution in [0.1, 0.15) is 13.3 Å². The molecule has 0 saturated carbocycles. The van der Waals surface area contributed by atoms with Crippen molar-refractivity contribution in [3.63, 3.8) is 0 Å². The fourth-order valence-electron chi connectivity index (χ4n) is 1.24. The van der Waals surface area contributed by atoms with E-state index in [9.17, 15) is 22.8 Å². The zero-order valence-electron chi connectivity index (χ0n) is 10.7. The first-order valence-electron chi connectivity index (χ1n) is 5.52. The number of sulfone groups is 1. The Labute approximate surface area is 115 Å². The normalized spacial score (nSPS) is 12.0. The average molecular weight is 305 g/mol. The van der Waals surface area contributed by atoms with Gasteiger partial charge in [-0.1, -0.05) is 0 Å². The summed E-state index contributed by atoms with van der Waals surface area (Å²) in [5.74, 6) is -4.80. The quantitative estimate of drug-likeness (QED) is 0.439. The number of hydrogen-bond donors (Lipinski definition) is 3. The van der Waals surface area contributed by atoms with E-state index in [4.69, 9.17) is 10.4 Å². The van der Waals surface area contributed by atoms with Crippen LogP contribution in [0.3, 0.4) is 0 Å². The summed E-state index contributed by atoms with van der Waals surface area (Å²) in [7, 11) is -4.00. The lowest BCUT2D eigenvalue weighted by Gasteiger charge is -2.13. The molecular formula is C10H15N3O6S. The van der Waals surface area contributed by atoms with Crippen LogP contribution in [-0.2, 0) is 24.2 Å². The Kier molecular flexibility index (Phi) is 7.24. The first-order chi connectivity index (χ1) is 9.18. The molecule has 0 aromatic rings. The van der Waals surface area contributed by atoms with Gasteiger partial charge in [0.05, 0.1) is 18.2 Å². The summed E-state index contributed by atoms with van der Waals surface area (Å²) in [5.41, 5.74) is 0. The molecular weight excluding hydrogens is 290 g/mol. The zero-order valence-corrected chi connectivity index (χ0v) is 11.6. The van der Waals surface area contributed by atoms with Gasteiger partial charge in [-0.15, -0.1) is 0 Å². The maximum Gasteiger partial charge on any atom is 0.327 e. The number of hydrogen-bond acceptors (Lipinski definition) is 6. The number of carbonyl (C=O) groups excluding carboxylic acids is 2. The van der Waals surface area contributed by atoms with E-state index in [0.29, 0.717) is 0 Å².